The fourth-order valence-electron chi connectivity index (χ4n) is 2.68. The zero-order valence-corrected chi connectivity index (χ0v) is 18.2. The van der Waals surface area contributed by atoms with Crippen LogP contribution < -0.4 is 15.4 Å². The third kappa shape index (κ3) is 6.27. The molecule has 0 aliphatic heterocycles. The Labute approximate surface area is 174 Å². The van der Waals surface area contributed by atoms with Gasteiger partial charge in [-0.3, -0.25) is 4.79 Å². The van der Waals surface area contributed by atoms with Crippen LogP contribution in [0.15, 0.2) is 46.9 Å². The van der Waals surface area contributed by atoms with E-state index in [4.69, 9.17) is 4.74 Å². The number of methoxy groups -OCH3 is 1. The predicted octanol–water partition coefficient (Wildman–Crippen LogP) is 3.94. The molecular formula is C21H26BrN3O3. The molecule has 3 amide bonds. The minimum absolute atomic E-state index is 0.0828. The van der Waals surface area contributed by atoms with E-state index in [1.165, 1.54) is 0 Å². The van der Waals surface area contributed by atoms with Gasteiger partial charge in [-0.15, -0.1) is 0 Å². The summed E-state index contributed by atoms with van der Waals surface area (Å²) in [6.45, 7) is 4.64. The number of carbonyl (C=O) groups excluding carboxylic acids is 2. The Kier molecular flexibility index (Phi) is 7.87. The molecule has 0 saturated heterocycles. The summed E-state index contributed by atoms with van der Waals surface area (Å²) in [4.78, 5) is 26.0. The average Bonchev–Trinajstić information content (AvgIpc) is 2.66. The number of carbonyl (C=O) groups is 2. The van der Waals surface area contributed by atoms with E-state index in [9.17, 15) is 9.59 Å². The maximum atomic E-state index is 12.7. The standard InChI is InChI=1S/C21H26BrN3O3/c1-14(2)24-21(27)23-12-15-5-7-16(8-6-15)20(26)25(3)13-17-11-18(22)9-10-19(17)28-4/h5-11,14H,12-13H2,1-4H3,(H2,23,24,27). The van der Waals surface area contributed by atoms with Crippen LogP contribution in [-0.2, 0) is 13.1 Å². The van der Waals surface area contributed by atoms with Gasteiger partial charge in [0.1, 0.15) is 5.75 Å². The summed E-state index contributed by atoms with van der Waals surface area (Å²) in [6, 6.07) is 12.8. The lowest BCUT2D eigenvalue weighted by molar-refractivity contribution is 0.0784. The summed E-state index contributed by atoms with van der Waals surface area (Å²) in [7, 11) is 3.37. The molecule has 2 rings (SSSR count). The molecule has 150 valence electrons. The first-order valence-electron chi connectivity index (χ1n) is 9.01. The quantitative estimate of drug-likeness (QED) is 0.674. The highest BCUT2D eigenvalue weighted by Crippen LogP contribution is 2.24. The second kappa shape index (κ2) is 10.1. The summed E-state index contributed by atoms with van der Waals surface area (Å²) >= 11 is 3.45. The van der Waals surface area contributed by atoms with Gasteiger partial charge in [-0.2, -0.15) is 0 Å². The van der Waals surface area contributed by atoms with Crippen molar-refractivity contribution in [2.75, 3.05) is 14.2 Å². The van der Waals surface area contributed by atoms with Crippen LogP contribution in [0.5, 0.6) is 5.75 Å². The van der Waals surface area contributed by atoms with Crippen LogP contribution in [0, 0.1) is 0 Å². The molecule has 0 unspecified atom stereocenters. The summed E-state index contributed by atoms with van der Waals surface area (Å²) in [5.74, 6) is 0.656. The number of ether oxygens (including phenoxy) is 1. The molecule has 28 heavy (non-hydrogen) atoms. The van der Waals surface area contributed by atoms with Gasteiger partial charge in [0, 0.05) is 41.8 Å². The van der Waals surface area contributed by atoms with Gasteiger partial charge >= 0.3 is 6.03 Å². The molecule has 0 atom stereocenters. The lowest BCUT2D eigenvalue weighted by Gasteiger charge is -2.19. The Bertz CT molecular complexity index is 822. The largest absolute Gasteiger partial charge is 0.496 e. The van der Waals surface area contributed by atoms with Gasteiger partial charge in [-0.25, -0.2) is 4.79 Å². The molecule has 6 nitrogen and oxygen atoms in total. The fourth-order valence-corrected chi connectivity index (χ4v) is 3.09. The molecule has 0 aromatic heterocycles. The number of nitrogens with one attached hydrogen (secondary N) is 2. The molecule has 7 heteroatoms. The van der Waals surface area contributed by atoms with Crippen LogP contribution in [0.2, 0.25) is 0 Å². The number of halogens is 1. The minimum Gasteiger partial charge on any atom is -0.496 e. The maximum Gasteiger partial charge on any atom is 0.315 e. The zero-order valence-electron chi connectivity index (χ0n) is 16.6. The third-order valence-corrected chi connectivity index (χ3v) is 4.56. The van der Waals surface area contributed by atoms with Crippen LogP contribution in [-0.4, -0.2) is 37.0 Å². The molecule has 2 aromatic rings. The van der Waals surface area contributed by atoms with Crippen molar-refractivity contribution in [1.29, 1.82) is 0 Å². The van der Waals surface area contributed by atoms with Crippen molar-refractivity contribution in [3.63, 3.8) is 0 Å². The van der Waals surface area contributed by atoms with Crippen molar-refractivity contribution in [2.24, 2.45) is 0 Å². The summed E-state index contributed by atoms with van der Waals surface area (Å²) < 4.78 is 6.31. The second-order valence-electron chi connectivity index (χ2n) is 6.80. The van der Waals surface area contributed by atoms with Crippen LogP contribution in [0.3, 0.4) is 0 Å². The normalized spacial score (nSPS) is 10.5. The lowest BCUT2D eigenvalue weighted by atomic mass is 10.1. The Balaban J connectivity index is 1.98. The minimum atomic E-state index is -0.210. The van der Waals surface area contributed by atoms with E-state index in [0.717, 1.165) is 21.3 Å². The van der Waals surface area contributed by atoms with Crippen LogP contribution in [0.25, 0.3) is 0 Å². The van der Waals surface area contributed by atoms with E-state index in [0.29, 0.717) is 18.7 Å². The average molecular weight is 448 g/mol. The Morgan fingerprint density at radius 2 is 1.82 bits per heavy atom. The Morgan fingerprint density at radius 3 is 2.43 bits per heavy atom. The van der Waals surface area contributed by atoms with Gasteiger partial charge in [-0.1, -0.05) is 28.1 Å². The van der Waals surface area contributed by atoms with Gasteiger partial charge in [0.05, 0.1) is 7.11 Å². The molecule has 2 aromatic carbocycles. The number of nitrogens with zero attached hydrogens (tertiary/aromatic N) is 1. The highest BCUT2D eigenvalue weighted by atomic mass is 79.9. The highest BCUT2D eigenvalue weighted by Gasteiger charge is 2.14. The number of hydrogen-bond donors (Lipinski definition) is 2. The number of benzene rings is 2. The predicted molar refractivity (Wildman–Crippen MR) is 113 cm³/mol. The van der Waals surface area contributed by atoms with Gasteiger partial charge < -0.3 is 20.3 Å². The summed E-state index contributed by atoms with van der Waals surface area (Å²) in [6.07, 6.45) is 0. The number of rotatable bonds is 7. The van der Waals surface area contributed by atoms with Crippen molar-refractivity contribution in [3.8, 4) is 5.75 Å². The van der Waals surface area contributed by atoms with Crippen molar-refractivity contribution in [2.45, 2.75) is 33.0 Å². The summed E-state index contributed by atoms with van der Waals surface area (Å²) in [5.41, 5.74) is 2.43. The van der Waals surface area contributed by atoms with E-state index >= 15 is 0 Å². The highest BCUT2D eigenvalue weighted by molar-refractivity contribution is 9.10. The van der Waals surface area contributed by atoms with Gasteiger partial charge in [0.25, 0.3) is 5.91 Å². The van der Waals surface area contributed by atoms with Crippen LogP contribution in [0.1, 0.15) is 35.3 Å². The Morgan fingerprint density at radius 1 is 1.14 bits per heavy atom. The molecule has 0 heterocycles. The lowest BCUT2D eigenvalue weighted by Crippen LogP contribution is -2.39. The number of amides is 3. The molecular weight excluding hydrogens is 422 g/mol. The molecule has 0 spiro atoms. The third-order valence-electron chi connectivity index (χ3n) is 4.07. The molecule has 0 aliphatic carbocycles. The summed E-state index contributed by atoms with van der Waals surface area (Å²) in [5, 5.41) is 5.56. The molecule has 0 fully saturated rings. The number of urea groups is 1. The molecule has 0 aliphatic rings. The first-order valence-corrected chi connectivity index (χ1v) is 9.80. The second-order valence-corrected chi connectivity index (χ2v) is 7.71. The molecule has 0 radical (unpaired) electrons. The van der Waals surface area contributed by atoms with E-state index in [2.05, 4.69) is 26.6 Å². The van der Waals surface area contributed by atoms with Crippen molar-refractivity contribution in [3.05, 3.63) is 63.6 Å². The molecule has 0 saturated carbocycles. The SMILES string of the molecule is COc1ccc(Br)cc1CN(C)C(=O)c1ccc(CNC(=O)NC(C)C)cc1. The first-order chi connectivity index (χ1) is 13.3. The van der Waals surface area contributed by atoms with Gasteiger partial charge in [0.15, 0.2) is 0 Å². The van der Waals surface area contributed by atoms with Gasteiger partial charge in [0.2, 0.25) is 0 Å². The number of hydrogen-bond acceptors (Lipinski definition) is 3. The fraction of sp³-hybridized carbons (Fsp3) is 0.333. The van der Waals surface area contributed by atoms with Crippen molar-refractivity contribution >= 4 is 27.9 Å². The van der Waals surface area contributed by atoms with E-state index in [-0.39, 0.29) is 18.0 Å². The smallest absolute Gasteiger partial charge is 0.315 e. The van der Waals surface area contributed by atoms with Gasteiger partial charge in [-0.05, 0) is 49.7 Å². The molecule has 2 N–H and O–H groups in total. The molecule has 0 bridgehead atoms. The van der Waals surface area contributed by atoms with Crippen LogP contribution >= 0.6 is 15.9 Å². The van der Waals surface area contributed by atoms with Crippen LogP contribution in [0.4, 0.5) is 4.79 Å². The maximum absolute atomic E-state index is 12.7. The zero-order chi connectivity index (χ0) is 20.7. The van der Waals surface area contributed by atoms with Crippen molar-refractivity contribution in [1.82, 2.24) is 15.5 Å². The van der Waals surface area contributed by atoms with E-state index in [1.54, 1.807) is 31.2 Å². The topological polar surface area (TPSA) is 70.7 Å². The van der Waals surface area contributed by atoms with Crippen molar-refractivity contribution < 1.29 is 14.3 Å². The monoisotopic (exact) mass is 447 g/mol. The Hall–Kier alpha value is -2.54. The first kappa shape index (κ1) is 21.8. The van der Waals surface area contributed by atoms with E-state index in [1.807, 2.05) is 44.2 Å². The van der Waals surface area contributed by atoms with E-state index < -0.39 is 0 Å².